The number of fused-ring (bicyclic) bond motifs is 1. The maximum absolute atomic E-state index is 12.7. The van der Waals surface area contributed by atoms with Crippen molar-refractivity contribution in [1.82, 2.24) is 9.47 Å². The van der Waals surface area contributed by atoms with Crippen LogP contribution in [0, 0.1) is 6.92 Å². The van der Waals surface area contributed by atoms with Crippen LogP contribution in [0.4, 0.5) is 5.69 Å². The summed E-state index contributed by atoms with van der Waals surface area (Å²) in [5, 5.41) is 4.16. The molecule has 5 nitrogen and oxygen atoms in total. The molecule has 1 aromatic heterocycles. The van der Waals surface area contributed by atoms with Crippen molar-refractivity contribution in [3.05, 3.63) is 65.9 Å². The van der Waals surface area contributed by atoms with E-state index >= 15 is 0 Å². The Morgan fingerprint density at radius 1 is 1.07 bits per heavy atom. The fraction of sp³-hybridized carbons (Fsp3) is 0.304. The largest absolute Gasteiger partial charge is 0.347 e. The van der Waals surface area contributed by atoms with Crippen LogP contribution >= 0.6 is 11.8 Å². The van der Waals surface area contributed by atoms with Gasteiger partial charge >= 0.3 is 0 Å². The molecule has 0 spiro atoms. The molecule has 2 amide bonds. The Morgan fingerprint density at radius 2 is 1.86 bits per heavy atom. The van der Waals surface area contributed by atoms with Gasteiger partial charge in [-0.05, 0) is 48.2 Å². The Hall–Kier alpha value is -2.73. The number of thioether (sulfide) groups is 1. The maximum atomic E-state index is 12.7. The Bertz CT molecular complexity index is 1040. The SMILES string of the molecule is Cc1cc(C(=O)N2CCSCC2)ccc1NC(=O)CCn1ccc2ccccc21. The van der Waals surface area contributed by atoms with Gasteiger partial charge < -0.3 is 14.8 Å². The predicted octanol–water partition coefficient (Wildman–Crippen LogP) is 4.17. The lowest BCUT2D eigenvalue weighted by Crippen LogP contribution is -2.37. The molecule has 1 aliphatic rings. The van der Waals surface area contributed by atoms with Crippen LogP contribution in [0.3, 0.4) is 0 Å². The van der Waals surface area contributed by atoms with Crippen LogP contribution in [0.1, 0.15) is 22.3 Å². The summed E-state index contributed by atoms with van der Waals surface area (Å²) in [6.07, 6.45) is 2.41. The second kappa shape index (κ2) is 8.74. The molecule has 0 bridgehead atoms. The molecule has 1 N–H and O–H groups in total. The Balaban J connectivity index is 1.37. The number of carbonyl (C=O) groups excluding carboxylic acids is 2. The minimum Gasteiger partial charge on any atom is -0.347 e. The standard InChI is InChI=1S/C23H25N3O2S/c1-17-16-19(23(28)26-12-14-29-15-13-26)6-7-20(17)24-22(27)9-11-25-10-8-18-4-2-3-5-21(18)25/h2-8,10,16H,9,11-15H2,1H3,(H,24,27). The Kier molecular flexibility index (Phi) is 5.90. The van der Waals surface area contributed by atoms with Gasteiger partial charge in [-0.15, -0.1) is 0 Å². The van der Waals surface area contributed by atoms with Gasteiger partial charge in [0.1, 0.15) is 0 Å². The molecule has 0 aliphatic carbocycles. The molecule has 0 radical (unpaired) electrons. The highest BCUT2D eigenvalue weighted by molar-refractivity contribution is 7.99. The van der Waals surface area contributed by atoms with Crippen LogP contribution in [-0.2, 0) is 11.3 Å². The lowest BCUT2D eigenvalue weighted by molar-refractivity contribution is -0.116. The normalized spacial score (nSPS) is 14.2. The predicted molar refractivity (Wildman–Crippen MR) is 120 cm³/mol. The maximum Gasteiger partial charge on any atom is 0.253 e. The zero-order valence-electron chi connectivity index (χ0n) is 16.6. The van der Waals surface area contributed by atoms with Crippen molar-refractivity contribution < 1.29 is 9.59 Å². The molecule has 150 valence electrons. The van der Waals surface area contributed by atoms with Crippen LogP contribution in [0.2, 0.25) is 0 Å². The van der Waals surface area contributed by atoms with Crippen molar-refractivity contribution >= 4 is 40.2 Å². The first-order chi connectivity index (χ1) is 14.1. The average Bonchev–Trinajstić information content (AvgIpc) is 3.17. The van der Waals surface area contributed by atoms with Gasteiger partial charge in [0, 0.05) is 60.5 Å². The van der Waals surface area contributed by atoms with Crippen molar-refractivity contribution in [1.29, 1.82) is 0 Å². The number of carbonyl (C=O) groups is 2. The van der Waals surface area contributed by atoms with Crippen molar-refractivity contribution in [3.8, 4) is 0 Å². The molecule has 4 rings (SSSR count). The van der Waals surface area contributed by atoms with E-state index in [-0.39, 0.29) is 11.8 Å². The number of para-hydroxylation sites is 1. The molecule has 0 atom stereocenters. The van der Waals surface area contributed by atoms with E-state index in [2.05, 4.69) is 28.1 Å². The summed E-state index contributed by atoms with van der Waals surface area (Å²) in [5.74, 6) is 2.04. The zero-order valence-corrected chi connectivity index (χ0v) is 17.4. The third-order valence-electron chi connectivity index (χ3n) is 5.31. The molecule has 1 fully saturated rings. The summed E-state index contributed by atoms with van der Waals surface area (Å²) < 4.78 is 2.10. The number of hydrogen-bond donors (Lipinski definition) is 1. The quantitative estimate of drug-likeness (QED) is 0.691. The Morgan fingerprint density at radius 3 is 2.66 bits per heavy atom. The van der Waals surface area contributed by atoms with E-state index < -0.39 is 0 Å². The lowest BCUT2D eigenvalue weighted by atomic mass is 10.1. The number of hydrogen-bond acceptors (Lipinski definition) is 3. The average molecular weight is 408 g/mol. The third-order valence-corrected chi connectivity index (χ3v) is 6.25. The summed E-state index contributed by atoms with van der Waals surface area (Å²) >= 11 is 1.88. The van der Waals surface area contributed by atoms with Gasteiger partial charge in [-0.3, -0.25) is 9.59 Å². The van der Waals surface area contributed by atoms with E-state index in [4.69, 9.17) is 0 Å². The fourth-order valence-corrected chi connectivity index (χ4v) is 4.56. The summed E-state index contributed by atoms with van der Waals surface area (Å²) in [6.45, 7) is 4.16. The highest BCUT2D eigenvalue weighted by Crippen LogP contribution is 2.20. The van der Waals surface area contributed by atoms with Crippen LogP contribution in [0.25, 0.3) is 10.9 Å². The molecule has 1 saturated heterocycles. The van der Waals surface area contributed by atoms with Gasteiger partial charge in [-0.2, -0.15) is 11.8 Å². The number of aryl methyl sites for hydroxylation is 2. The smallest absolute Gasteiger partial charge is 0.253 e. The summed E-state index contributed by atoms with van der Waals surface area (Å²) in [4.78, 5) is 27.0. The second-order valence-electron chi connectivity index (χ2n) is 7.30. The number of aromatic nitrogens is 1. The minimum absolute atomic E-state index is 0.0296. The number of amides is 2. The molecule has 0 unspecified atom stereocenters. The van der Waals surface area contributed by atoms with Gasteiger partial charge in [0.05, 0.1) is 0 Å². The number of benzene rings is 2. The molecular formula is C23H25N3O2S. The van der Waals surface area contributed by atoms with E-state index in [9.17, 15) is 9.59 Å². The topological polar surface area (TPSA) is 54.3 Å². The first-order valence-corrected chi connectivity index (χ1v) is 11.1. The van der Waals surface area contributed by atoms with Crippen molar-refractivity contribution in [2.75, 3.05) is 29.9 Å². The van der Waals surface area contributed by atoms with Crippen LogP contribution in [0.5, 0.6) is 0 Å². The van der Waals surface area contributed by atoms with E-state index in [1.165, 1.54) is 5.39 Å². The van der Waals surface area contributed by atoms with E-state index in [0.29, 0.717) is 18.5 Å². The van der Waals surface area contributed by atoms with Gasteiger partial charge in [0.2, 0.25) is 5.91 Å². The number of nitrogens with one attached hydrogen (secondary N) is 1. The third kappa shape index (κ3) is 4.48. The second-order valence-corrected chi connectivity index (χ2v) is 8.53. The molecule has 2 heterocycles. The molecule has 0 saturated carbocycles. The van der Waals surface area contributed by atoms with Gasteiger partial charge in [0.25, 0.3) is 5.91 Å². The monoisotopic (exact) mass is 407 g/mol. The number of nitrogens with zero attached hydrogens (tertiary/aromatic N) is 2. The molecule has 6 heteroatoms. The number of rotatable bonds is 5. The molecule has 3 aromatic rings. The van der Waals surface area contributed by atoms with Crippen LogP contribution in [-0.4, -0.2) is 45.9 Å². The van der Waals surface area contributed by atoms with Gasteiger partial charge in [-0.1, -0.05) is 18.2 Å². The van der Waals surface area contributed by atoms with Gasteiger partial charge in [0.15, 0.2) is 0 Å². The lowest BCUT2D eigenvalue weighted by Gasteiger charge is -2.26. The van der Waals surface area contributed by atoms with Gasteiger partial charge in [-0.25, -0.2) is 0 Å². The highest BCUT2D eigenvalue weighted by Gasteiger charge is 2.19. The number of anilines is 1. The summed E-state index contributed by atoms with van der Waals surface area (Å²) in [5.41, 5.74) is 3.49. The minimum atomic E-state index is -0.0296. The van der Waals surface area contributed by atoms with E-state index in [1.807, 2.05) is 60.1 Å². The van der Waals surface area contributed by atoms with Crippen LogP contribution in [0.15, 0.2) is 54.7 Å². The van der Waals surface area contributed by atoms with E-state index in [1.54, 1.807) is 0 Å². The fourth-order valence-electron chi connectivity index (χ4n) is 3.66. The van der Waals surface area contributed by atoms with Crippen molar-refractivity contribution in [3.63, 3.8) is 0 Å². The Labute approximate surface area is 175 Å². The zero-order chi connectivity index (χ0) is 20.2. The van der Waals surface area contributed by atoms with Crippen LogP contribution < -0.4 is 5.32 Å². The highest BCUT2D eigenvalue weighted by atomic mass is 32.2. The summed E-state index contributed by atoms with van der Waals surface area (Å²) in [7, 11) is 0. The van der Waals surface area contributed by atoms with E-state index in [0.717, 1.165) is 41.4 Å². The molecule has 2 aromatic carbocycles. The van der Waals surface area contributed by atoms with Crippen molar-refractivity contribution in [2.24, 2.45) is 0 Å². The molecule has 1 aliphatic heterocycles. The van der Waals surface area contributed by atoms with Crippen molar-refractivity contribution in [2.45, 2.75) is 19.9 Å². The first-order valence-electron chi connectivity index (χ1n) is 9.93. The summed E-state index contributed by atoms with van der Waals surface area (Å²) in [6, 6.07) is 15.7. The molecule has 29 heavy (non-hydrogen) atoms. The first kappa shape index (κ1) is 19.6. The molecular weight excluding hydrogens is 382 g/mol.